The van der Waals surface area contributed by atoms with Crippen LogP contribution >= 0.6 is 35.0 Å². The standard InChI is InChI=1S/C20H28Cl2N2O4S/c1-12(2)24(13(3)4)18(25)11-28-20(27)17(8-9-29-5)23-19(26)15-7-6-14(21)10-16(15)22/h6-7,10,12-13,17H,8-9,11H2,1-5H3,(H,23,26). The summed E-state index contributed by atoms with van der Waals surface area (Å²) < 4.78 is 5.22. The molecule has 2 amide bonds. The number of hydrogen-bond acceptors (Lipinski definition) is 5. The number of ether oxygens (including phenoxy) is 1. The first-order valence-electron chi connectivity index (χ1n) is 9.31. The summed E-state index contributed by atoms with van der Waals surface area (Å²) in [5, 5.41) is 3.24. The average molecular weight is 463 g/mol. The van der Waals surface area contributed by atoms with E-state index in [2.05, 4.69) is 5.32 Å². The molecule has 0 aliphatic carbocycles. The molecule has 6 nitrogen and oxygen atoms in total. The molecule has 1 atom stereocenters. The fraction of sp³-hybridized carbons (Fsp3) is 0.550. The highest BCUT2D eigenvalue weighted by Crippen LogP contribution is 2.21. The van der Waals surface area contributed by atoms with Crippen molar-refractivity contribution in [3.63, 3.8) is 0 Å². The molecule has 1 unspecified atom stereocenters. The fourth-order valence-electron chi connectivity index (χ4n) is 2.87. The number of amides is 2. The van der Waals surface area contributed by atoms with Gasteiger partial charge in [0.25, 0.3) is 11.8 Å². The molecule has 0 spiro atoms. The SMILES string of the molecule is CSCCC(NC(=O)c1ccc(Cl)cc1Cl)C(=O)OCC(=O)N(C(C)C)C(C)C. The summed E-state index contributed by atoms with van der Waals surface area (Å²) in [5.74, 6) is -0.809. The van der Waals surface area contributed by atoms with E-state index in [1.165, 1.54) is 23.9 Å². The normalized spacial score (nSPS) is 12.0. The van der Waals surface area contributed by atoms with E-state index in [-0.39, 0.29) is 35.2 Å². The number of carbonyl (C=O) groups is 3. The Labute approximate surface area is 186 Å². The highest BCUT2D eigenvalue weighted by atomic mass is 35.5. The third-order valence-corrected chi connectivity index (χ3v) is 5.31. The van der Waals surface area contributed by atoms with Crippen LogP contribution in [-0.4, -0.2) is 59.4 Å². The Bertz CT molecular complexity index is 720. The second-order valence-electron chi connectivity index (χ2n) is 7.03. The van der Waals surface area contributed by atoms with Crippen molar-refractivity contribution in [1.82, 2.24) is 10.2 Å². The largest absolute Gasteiger partial charge is 0.454 e. The summed E-state index contributed by atoms with van der Waals surface area (Å²) >= 11 is 13.5. The predicted octanol–water partition coefficient (Wildman–Crippen LogP) is 4.03. The third-order valence-electron chi connectivity index (χ3n) is 4.11. The Kier molecular flexibility index (Phi) is 10.9. The zero-order valence-electron chi connectivity index (χ0n) is 17.3. The van der Waals surface area contributed by atoms with Crippen LogP contribution in [0.15, 0.2) is 18.2 Å². The van der Waals surface area contributed by atoms with E-state index in [0.29, 0.717) is 17.2 Å². The predicted molar refractivity (Wildman–Crippen MR) is 119 cm³/mol. The quantitative estimate of drug-likeness (QED) is 0.531. The van der Waals surface area contributed by atoms with E-state index < -0.39 is 17.9 Å². The Morgan fingerprint density at radius 2 is 1.76 bits per heavy atom. The minimum atomic E-state index is -0.888. The maximum absolute atomic E-state index is 12.6. The lowest BCUT2D eigenvalue weighted by Crippen LogP contribution is -2.46. The second-order valence-corrected chi connectivity index (χ2v) is 8.86. The van der Waals surface area contributed by atoms with E-state index in [9.17, 15) is 14.4 Å². The van der Waals surface area contributed by atoms with Gasteiger partial charge >= 0.3 is 5.97 Å². The number of rotatable bonds is 10. The molecule has 1 N–H and O–H groups in total. The second kappa shape index (κ2) is 12.3. The average Bonchev–Trinajstić information content (AvgIpc) is 2.62. The van der Waals surface area contributed by atoms with Gasteiger partial charge in [-0.1, -0.05) is 23.2 Å². The van der Waals surface area contributed by atoms with Gasteiger partial charge in [-0.05, 0) is 64.3 Å². The van der Waals surface area contributed by atoms with Crippen molar-refractivity contribution in [2.75, 3.05) is 18.6 Å². The topological polar surface area (TPSA) is 75.7 Å². The summed E-state index contributed by atoms with van der Waals surface area (Å²) in [6.45, 7) is 7.23. The van der Waals surface area contributed by atoms with Gasteiger partial charge in [0, 0.05) is 17.1 Å². The maximum Gasteiger partial charge on any atom is 0.329 e. The summed E-state index contributed by atoms with van der Waals surface area (Å²) in [6.07, 6.45) is 2.26. The van der Waals surface area contributed by atoms with Crippen molar-refractivity contribution in [3.05, 3.63) is 33.8 Å². The van der Waals surface area contributed by atoms with Gasteiger partial charge in [-0.2, -0.15) is 11.8 Å². The lowest BCUT2D eigenvalue weighted by Gasteiger charge is -2.30. The molecule has 0 fully saturated rings. The first-order chi connectivity index (χ1) is 13.6. The lowest BCUT2D eigenvalue weighted by molar-refractivity contribution is -0.155. The molecule has 0 heterocycles. The smallest absolute Gasteiger partial charge is 0.329 e. The first kappa shape index (κ1) is 25.6. The zero-order valence-corrected chi connectivity index (χ0v) is 19.7. The van der Waals surface area contributed by atoms with Gasteiger partial charge in [-0.3, -0.25) is 9.59 Å². The summed E-state index contributed by atoms with van der Waals surface area (Å²) in [4.78, 5) is 39.2. The van der Waals surface area contributed by atoms with Gasteiger partial charge in [0.15, 0.2) is 6.61 Å². The van der Waals surface area contributed by atoms with Crippen LogP contribution in [-0.2, 0) is 14.3 Å². The minimum absolute atomic E-state index is 0.0137. The molecular formula is C20H28Cl2N2O4S. The molecule has 1 rings (SSSR count). The molecule has 0 saturated carbocycles. The Balaban J connectivity index is 2.82. The molecule has 0 saturated heterocycles. The molecule has 0 aromatic heterocycles. The highest BCUT2D eigenvalue weighted by molar-refractivity contribution is 7.98. The number of thioether (sulfide) groups is 1. The molecule has 9 heteroatoms. The van der Waals surface area contributed by atoms with Crippen LogP contribution in [0.5, 0.6) is 0 Å². The van der Waals surface area contributed by atoms with E-state index >= 15 is 0 Å². The molecule has 0 aliphatic rings. The van der Waals surface area contributed by atoms with Crippen LogP contribution in [0.25, 0.3) is 0 Å². The van der Waals surface area contributed by atoms with Crippen LogP contribution in [0.3, 0.4) is 0 Å². The maximum atomic E-state index is 12.6. The van der Waals surface area contributed by atoms with Crippen LogP contribution in [0.2, 0.25) is 10.0 Å². The van der Waals surface area contributed by atoms with Gasteiger partial charge in [-0.25, -0.2) is 4.79 Å². The van der Waals surface area contributed by atoms with E-state index in [0.717, 1.165) is 0 Å². The summed E-state index contributed by atoms with van der Waals surface area (Å²) in [7, 11) is 0. The van der Waals surface area contributed by atoms with E-state index in [1.807, 2.05) is 34.0 Å². The van der Waals surface area contributed by atoms with Crippen LogP contribution in [0.1, 0.15) is 44.5 Å². The van der Waals surface area contributed by atoms with E-state index in [1.54, 1.807) is 11.0 Å². The molecule has 0 radical (unpaired) electrons. The number of benzene rings is 1. The van der Waals surface area contributed by atoms with Gasteiger partial charge in [0.05, 0.1) is 10.6 Å². The van der Waals surface area contributed by atoms with E-state index in [4.69, 9.17) is 27.9 Å². The monoisotopic (exact) mass is 462 g/mol. The van der Waals surface area contributed by atoms with Gasteiger partial charge in [-0.15, -0.1) is 0 Å². The molecule has 1 aromatic rings. The van der Waals surface area contributed by atoms with Gasteiger partial charge < -0.3 is 15.0 Å². The number of nitrogens with zero attached hydrogens (tertiary/aromatic N) is 1. The molecule has 0 aliphatic heterocycles. The Hall–Kier alpha value is -1.44. The third kappa shape index (κ3) is 8.07. The van der Waals surface area contributed by atoms with Crippen molar-refractivity contribution >= 4 is 52.7 Å². The lowest BCUT2D eigenvalue weighted by atomic mass is 10.1. The number of halogens is 2. The first-order valence-corrected chi connectivity index (χ1v) is 11.5. The number of esters is 1. The van der Waals surface area contributed by atoms with Crippen molar-refractivity contribution in [2.24, 2.45) is 0 Å². The number of carbonyl (C=O) groups excluding carboxylic acids is 3. The molecule has 29 heavy (non-hydrogen) atoms. The van der Waals surface area contributed by atoms with Crippen LogP contribution in [0, 0.1) is 0 Å². The summed E-state index contributed by atoms with van der Waals surface area (Å²) in [6, 6.07) is 3.58. The Morgan fingerprint density at radius 3 is 2.28 bits per heavy atom. The van der Waals surface area contributed by atoms with Crippen molar-refractivity contribution in [1.29, 1.82) is 0 Å². The number of nitrogens with one attached hydrogen (secondary N) is 1. The van der Waals surface area contributed by atoms with Crippen LogP contribution in [0.4, 0.5) is 0 Å². The van der Waals surface area contributed by atoms with Crippen LogP contribution < -0.4 is 5.32 Å². The zero-order chi connectivity index (χ0) is 22.1. The van der Waals surface area contributed by atoms with Crippen molar-refractivity contribution < 1.29 is 19.1 Å². The molecular weight excluding hydrogens is 435 g/mol. The summed E-state index contributed by atoms with van der Waals surface area (Å²) in [5.41, 5.74) is 0.208. The van der Waals surface area contributed by atoms with Gasteiger partial charge in [0.2, 0.25) is 0 Å². The highest BCUT2D eigenvalue weighted by Gasteiger charge is 2.26. The molecule has 1 aromatic carbocycles. The molecule has 162 valence electrons. The number of hydrogen-bond donors (Lipinski definition) is 1. The minimum Gasteiger partial charge on any atom is -0.454 e. The molecule has 0 bridgehead atoms. The van der Waals surface area contributed by atoms with Crippen molar-refractivity contribution in [2.45, 2.75) is 52.2 Å². The Morgan fingerprint density at radius 1 is 1.14 bits per heavy atom. The fourth-order valence-corrected chi connectivity index (χ4v) is 3.84. The van der Waals surface area contributed by atoms with Crippen molar-refractivity contribution in [3.8, 4) is 0 Å². The van der Waals surface area contributed by atoms with Gasteiger partial charge in [0.1, 0.15) is 6.04 Å².